The molecule has 2 rings (SSSR count). The molecule has 4 heteroatoms. The zero-order chi connectivity index (χ0) is 15.1. The summed E-state index contributed by atoms with van der Waals surface area (Å²) in [6.45, 7) is 0.131. The van der Waals surface area contributed by atoms with Crippen molar-refractivity contribution in [1.29, 1.82) is 0 Å². The number of benzene rings is 1. The average molecular weight is 307 g/mol. The van der Waals surface area contributed by atoms with E-state index in [1.165, 1.54) is 19.3 Å². The fourth-order valence-corrected chi connectivity index (χ4v) is 3.78. The summed E-state index contributed by atoms with van der Waals surface area (Å²) in [5.41, 5.74) is 0.740. The molecule has 1 amide bonds. The summed E-state index contributed by atoms with van der Waals surface area (Å²) in [7, 11) is 0. The molecule has 1 aliphatic rings. The monoisotopic (exact) mass is 307 g/mol. The lowest BCUT2D eigenvalue weighted by atomic mass is 9.82. The van der Waals surface area contributed by atoms with Crippen LogP contribution in [0.4, 0.5) is 0 Å². The van der Waals surface area contributed by atoms with Crippen LogP contribution < -0.4 is 5.32 Å². The lowest BCUT2D eigenvalue weighted by Gasteiger charge is -2.30. The van der Waals surface area contributed by atoms with Gasteiger partial charge in [0.1, 0.15) is 0 Å². The molecule has 2 N–H and O–H groups in total. The first-order valence-electron chi connectivity index (χ1n) is 7.81. The highest BCUT2D eigenvalue weighted by molar-refractivity contribution is 7.98. The minimum absolute atomic E-state index is 0.0102. The van der Waals surface area contributed by atoms with E-state index in [4.69, 9.17) is 0 Å². The summed E-state index contributed by atoms with van der Waals surface area (Å²) in [6, 6.07) is 7.79. The summed E-state index contributed by atoms with van der Waals surface area (Å²) in [5, 5.41) is 12.5. The van der Waals surface area contributed by atoms with Crippen LogP contribution >= 0.6 is 11.8 Å². The first kappa shape index (κ1) is 16.4. The summed E-state index contributed by atoms with van der Waals surface area (Å²) >= 11 is 1.59. The molecule has 0 spiro atoms. The van der Waals surface area contributed by atoms with Gasteiger partial charge >= 0.3 is 0 Å². The van der Waals surface area contributed by atoms with Gasteiger partial charge in [0.25, 0.3) is 5.91 Å². The minimum atomic E-state index is -0.0102. The molecule has 0 heterocycles. The fourth-order valence-electron chi connectivity index (χ4n) is 3.18. The van der Waals surface area contributed by atoms with Crippen LogP contribution in [0, 0.1) is 5.92 Å². The maximum atomic E-state index is 12.5. The maximum absolute atomic E-state index is 12.5. The standard InChI is InChI=1S/C17H25NO2S/c1-21-16-10-6-5-9-14(16)17(20)18-15(11-12-19)13-7-3-2-4-8-13/h5-6,9-10,13,15,19H,2-4,7-8,11-12H2,1H3,(H,18,20)/t15-/m1/s1. The van der Waals surface area contributed by atoms with Crippen LogP contribution in [0.25, 0.3) is 0 Å². The molecule has 0 saturated heterocycles. The Morgan fingerprint density at radius 1 is 1.33 bits per heavy atom. The Bertz CT molecular complexity index is 458. The van der Waals surface area contributed by atoms with Crippen molar-refractivity contribution in [1.82, 2.24) is 5.32 Å². The van der Waals surface area contributed by atoms with Gasteiger partial charge in [-0.15, -0.1) is 11.8 Å². The summed E-state index contributed by atoms with van der Waals surface area (Å²) < 4.78 is 0. The summed E-state index contributed by atoms with van der Waals surface area (Å²) in [4.78, 5) is 13.5. The quantitative estimate of drug-likeness (QED) is 0.791. The van der Waals surface area contributed by atoms with E-state index < -0.39 is 0 Å². The van der Waals surface area contributed by atoms with Crippen molar-refractivity contribution in [3.05, 3.63) is 29.8 Å². The van der Waals surface area contributed by atoms with Crippen molar-refractivity contribution < 1.29 is 9.90 Å². The van der Waals surface area contributed by atoms with E-state index >= 15 is 0 Å². The van der Waals surface area contributed by atoms with Crippen LogP contribution in [0.1, 0.15) is 48.9 Å². The smallest absolute Gasteiger partial charge is 0.252 e. The van der Waals surface area contributed by atoms with Crippen LogP contribution in [0.5, 0.6) is 0 Å². The van der Waals surface area contributed by atoms with E-state index in [2.05, 4.69) is 5.32 Å². The molecule has 116 valence electrons. The number of hydrogen-bond acceptors (Lipinski definition) is 3. The Kier molecular flexibility index (Phi) is 6.58. The molecule has 1 aliphatic carbocycles. The van der Waals surface area contributed by atoms with Crippen molar-refractivity contribution >= 4 is 17.7 Å². The number of hydrogen-bond donors (Lipinski definition) is 2. The van der Waals surface area contributed by atoms with Crippen molar-refractivity contribution in [3.63, 3.8) is 0 Å². The van der Waals surface area contributed by atoms with Crippen LogP contribution in [0.3, 0.4) is 0 Å². The Hall–Kier alpha value is -1.00. The van der Waals surface area contributed by atoms with Gasteiger partial charge in [0.2, 0.25) is 0 Å². The van der Waals surface area contributed by atoms with Crippen LogP contribution in [-0.2, 0) is 0 Å². The van der Waals surface area contributed by atoms with Gasteiger partial charge in [-0.1, -0.05) is 31.4 Å². The Morgan fingerprint density at radius 2 is 2.05 bits per heavy atom. The first-order valence-corrected chi connectivity index (χ1v) is 9.03. The van der Waals surface area contributed by atoms with Crippen molar-refractivity contribution in [3.8, 4) is 0 Å². The highest BCUT2D eigenvalue weighted by atomic mass is 32.2. The van der Waals surface area contributed by atoms with E-state index in [0.29, 0.717) is 12.3 Å². The highest BCUT2D eigenvalue weighted by Crippen LogP contribution is 2.28. The van der Waals surface area contributed by atoms with Gasteiger partial charge in [-0.2, -0.15) is 0 Å². The molecule has 21 heavy (non-hydrogen) atoms. The molecular formula is C17H25NO2S. The minimum Gasteiger partial charge on any atom is -0.396 e. The molecule has 0 aromatic heterocycles. The van der Waals surface area contributed by atoms with Crippen molar-refractivity contribution in [2.75, 3.05) is 12.9 Å². The van der Waals surface area contributed by atoms with Gasteiger partial charge in [-0.05, 0) is 43.6 Å². The average Bonchev–Trinajstić information content (AvgIpc) is 2.55. The second-order valence-electron chi connectivity index (χ2n) is 5.69. The topological polar surface area (TPSA) is 49.3 Å². The maximum Gasteiger partial charge on any atom is 0.252 e. The molecule has 1 saturated carbocycles. The van der Waals surface area contributed by atoms with E-state index in [1.54, 1.807) is 11.8 Å². The Labute approximate surface area is 131 Å². The third-order valence-electron chi connectivity index (χ3n) is 4.33. The molecule has 1 aromatic carbocycles. The number of rotatable bonds is 6. The SMILES string of the molecule is CSc1ccccc1C(=O)N[C@H](CCO)C1CCCCC1. The normalized spacial score (nSPS) is 17.4. The number of thioether (sulfide) groups is 1. The second-order valence-corrected chi connectivity index (χ2v) is 6.54. The molecule has 3 nitrogen and oxygen atoms in total. The lowest BCUT2D eigenvalue weighted by Crippen LogP contribution is -2.41. The lowest BCUT2D eigenvalue weighted by molar-refractivity contribution is 0.0896. The molecule has 0 aliphatic heterocycles. The van der Waals surface area contributed by atoms with Crippen molar-refractivity contribution in [2.24, 2.45) is 5.92 Å². The molecule has 1 fully saturated rings. The van der Waals surface area contributed by atoms with Gasteiger partial charge in [0.15, 0.2) is 0 Å². The van der Waals surface area contributed by atoms with Crippen LogP contribution in [-0.4, -0.2) is 29.9 Å². The van der Waals surface area contributed by atoms with Crippen molar-refractivity contribution in [2.45, 2.75) is 49.5 Å². The number of aliphatic hydroxyl groups is 1. The number of carbonyl (C=O) groups is 1. The Morgan fingerprint density at radius 3 is 2.71 bits per heavy atom. The van der Waals surface area contributed by atoms with Gasteiger partial charge < -0.3 is 10.4 Å². The fraction of sp³-hybridized carbons (Fsp3) is 0.588. The third-order valence-corrected chi connectivity index (χ3v) is 5.12. The molecular weight excluding hydrogens is 282 g/mol. The van der Waals surface area contributed by atoms with Gasteiger partial charge in [-0.25, -0.2) is 0 Å². The van der Waals surface area contributed by atoms with E-state index in [0.717, 1.165) is 23.3 Å². The Balaban J connectivity index is 2.06. The van der Waals surface area contributed by atoms with E-state index in [9.17, 15) is 9.90 Å². The van der Waals surface area contributed by atoms with Gasteiger partial charge in [-0.3, -0.25) is 4.79 Å². The molecule has 0 bridgehead atoms. The predicted molar refractivity (Wildman–Crippen MR) is 87.8 cm³/mol. The molecule has 0 radical (unpaired) electrons. The zero-order valence-electron chi connectivity index (χ0n) is 12.7. The predicted octanol–water partition coefficient (Wildman–Crippen LogP) is 3.47. The van der Waals surface area contributed by atoms with Gasteiger partial charge in [0, 0.05) is 17.5 Å². The number of amides is 1. The van der Waals surface area contributed by atoms with Gasteiger partial charge in [0.05, 0.1) is 5.56 Å². The molecule has 0 unspecified atom stereocenters. The number of carbonyl (C=O) groups excluding carboxylic acids is 1. The number of aliphatic hydroxyl groups excluding tert-OH is 1. The molecule has 1 atom stereocenters. The van der Waals surface area contributed by atoms with E-state index in [1.807, 2.05) is 30.5 Å². The summed E-state index contributed by atoms with van der Waals surface area (Å²) in [5.74, 6) is 0.500. The second kappa shape index (κ2) is 8.44. The largest absolute Gasteiger partial charge is 0.396 e. The van der Waals surface area contributed by atoms with Crippen LogP contribution in [0.2, 0.25) is 0 Å². The third kappa shape index (κ3) is 4.48. The highest BCUT2D eigenvalue weighted by Gasteiger charge is 2.25. The first-order chi connectivity index (χ1) is 10.3. The molecule has 1 aromatic rings. The summed E-state index contributed by atoms with van der Waals surface area (Å²) in [6.07, 6.45) is 8.74. The number of nitrogens with one attached hydrogen (secondary N) is 1. The zero-order valence-corrected chi connectivity index (χ0v) is 13.5. The van der Waals surface area contributed by atoms with E-state index in [-0.39, 0.29) is 18.6 Å². The van der Waals surface area contributed by atoms with Crippen LogP contribution in [0.15, 0.2) is 29.2 Å².